The number of hydrogen-bond donors (Lipinski definition) is 6. The van der Waals surface area contributed by atoms with Gasteiger partial charge in [0.05, 0.1) is 66.3 Å². The van der Waals surface area contributed by atoms with Crippen LogP contribution in [-0.4, -0.2) is 177 Å². The molecule has 29 nitrogen and oxygen atoms in total. The lowest BCUT2D eigenvalue weighted by atomic mass is 10.1. The molecule has 8 aromatic rings. The molecule has 2 saturated heterocycles. The number of sulfonamides is 2. The summed E-state index contributed by atoms with van der Waals surface area (Å²) < 4.78 is 78.4. The normalized spacial score (nSPS) is 24.0. The number of ether oxygens (including phenoxy) is 4. The number of rotatable bonds is 20. The fourth-order valence-electron chi connectivity index (χ4n) is 14.4. The fraction of sp³-hybridized carbons (Fsp3) is 0.400. The van der Waals surface area contributed by atoms with Crippen molar-refractivity contribution in [2.24, 2.45) is 11.8 Å². The Balaban J connectivity index is 0.000000159. The highest BCUT2D eigenvalue weighted by Crippen LogP contribution is 2.48. The maximum Gasteiger partial charge on any atom is 0.415 e. The van der Waals surface area contributed by atoms with Crippen LogP contribution in [0, 0.1) is 11.8 Å². The van der Waals surface area contributed by atoms with Crippen LogP contribution in [0.3, 0.4) is 0 Å². The van der Waals surface area contributed by atoms with E-state index in [4.69, 9.17) is 38.9 Å². The number of nitrogens with one attached hydrogen (secondary N) is 5. The van der Waals surface area contributed by atoms with Gasteiger partial charge < -0.3 is 44.9 Å². The number of likely N-dealkylation sites (tertiary alicyclic amines) is 1. The monoisotopic (exact) mass is 1610 g/mol. The van der Waals surface area contributed by atoms with E-state index in [2.05, 4.69) is 38.6 Å². The first-order valence-corrected chi connectivity index (χ1v) is 42.0. The van der Waals surface area contributed by atoms with Gasteiger partial charge in [-0.3, -0.25) is 43.2 Å². The third-order valence-electron chi connectivity index (χ3n) is 20.6. The van der Waals surface area contributed by atoms with E-state index in [0.29, 0.717) is 96.7 Å². The number of hydrogen-bond acceptors (Lipinski definition) is 23. The Labute approximate surface area is 660 Å². The quantitative estimate of drug-likeness (QED) is 0.0387. The number of para-hydroxylation sites is 6. The minimum atomic E-state index is -3.92. The highest BCUT2D eigenvalue weighted by molar-refractivity contribution is 7.91. The van der Waals surface area contributed by atoms with Crippen molar-refractivity contribution in [1.29, 1.82) is 0 Å². The standard InChI is InChI=1S/C40H42N6O8S2.C26H27N5O5S2.C14H17NO4/c1-5-24-21-40(24,37(49)44-56(51,52)26-16-17-26)43-34(47)30-20-25(53-35-33(32-15-10-18-55-32)41-27-12-7-8-13-28(27)42-35)22-45(30)36(48)31-19-23-11-6-9-14-29(23)46(31)38(50)54-39(2,3)4;1-2-15-13-26(15,25(33)31-38(34,35)17-9-10-17)30-23(32)20-12-16(14-27-20)36-24-22(21-8-5-11-37-21)28-18-6-3-4-7-19(18)29-24;1-14(2,3)19-13(18)15-10-7-5-4-6-9(10)8-11(15)12(16)17/h5-15,18,24-26,30-31H,1,16-17,19-22H2,2-4H3,(H,43,47)(H,44,49);2-8,11,15-17,20,27H,1,9-10,12-14H2,(H,30,32)(H,31,33);4-7,11H,8H2,1-3H3,(H,16,17)/t24-,25-,30+,31+,40-;15-,16-,20+,26-;11-/m110/s1. The number of carbonyl (C=O) groups excluding carboxylic acids is 7. The number of amides is 7. The Kier molecular flexibility index (Phi) is 21.6. The molecular weight excluding hydrogens is 1530 g/mol. The number of fused-ring (bicyclic) bond motifs is 4. The SMILES string of the molecule is C=C[C@@H]1C[C@]1(NC(=O)[C@@H]1C[C@@H](Oc2nc3ccccc3nc2-c2cccs2)CN1)C(=O)NS(=O)(=O)C1CC1.C=C[C@@H]1C[C@]1(NC(=O)[C@@H]1C[C@@H](Oc2nc3ccccc3nc2-c2cccs2)CN1C(=O)[C@@H]1Cc2ccccc2N1C(=O)OC(C)(C)C)C(=O)NS(=O)(=O)C1CC1.CC(C)(C)OC(=O)N1c2ccccc2C[C@H]1C(=O)O. The molecule has 8 aliphatic rings. The van der Waals surface area contributed by atoms with Crippen LogP contribution in [0.4, 0.5) is 21.0 Å². The predicted octanol–water partition coefficient (Wildman–Crippen LogP) is 9.32. The van der Waals surface area contributed by atoms with Crippen molar-refractivity contribution in [3.05, 3.63) is 169 Å². The number of anilines is 2. The number of aromatic nitrogens is 4. The molecule has 4 aliphatic carbocycles. The van der Waals surface area contributed by atoms with Crippen molar-refractivity contribution >= 4 is 124 Å². The lowest BCUT2D eigenvalue weighted by molar-refractivity contribution is -0.140. The van der Waals surface area contributed by atoms with Gasteiger partial charge >= 0.3 is 18.2 Å². The zero-order valence-corrected chi connectivity index (χ0v) is 66.0. The smallest absolute Gasteiger partial charge is 0.415 e. The van der Waals surface area contributed by atoms with Gasteiger partial charge in [-0.15, -0.1) is 35.8 Å². The minimum absolute atomic E-state index is 0.00110. The van der Waals surface area contributed by atoms with Crippen molar-refractivity contribution in [1.82, 2.24) is 50.2 Å². The molecular formula is C80H86N12O17S4. The largest absolute Gasteiger partial charge is 0.480 e. The number of aliphatic carboxylic acids is 1. The van der Waals surface area contributed by atoms with E-state index in [1.165, 1.54) is 43.4 Å². The molecule has 0 bridgehead atoms. The number of nitrogens with zero attached hydrogens (tertiary/aromatic N) is 7. The first-order chi connectivity index (χ1) is 53.7. The van der Waals surface area contributed by atoms with Gasteiger partial charge in [0.2, 0.25) is 49.5 Å². The number of carboxylic acids is 1. The first kappa shape index (κ1) is 78.9. The molecule has 4 aromatic heterocycles. The highest BCUT2D eigenvalue weighted by Gasteiger charge is 2.63. The van der Waals surface area contributed by atoms with E-state index < -0.39 is 131 Å². The maximum absolute atomic E-state index is 14.9. The van der Waals surface area contributed by atoms with E-state index in [1.807, 2.05) is 108 Å². The van der Waals surface area contributed by atoms with Crippen molar-refractivity contribution in [2.75, 3.05) is 22.9 Å². The second kappa shape index (κ2) is 31.0. The molecule has 592 valence electrons. The van der Waals surface area contributed by atoms with E-state index in [1.54, 1.807) is 71.9 Å². The van der Waals surface area contributed by atoms with Gasteiger partial charge in [0.1, 0.15) is 64.0 Å². The summed E-state index contributed by atoms with van der Waals surface area (Å²) in [5, 5.41) is 20.7. The van der Waals surface area contributed by atoms with Crippen molar-refractivity contribution < 1.29 is 79.2 Å². The molecule has 113 heavy (non-hydrogen) atoms. The molecule has 10 atom stereocenters. The molecule has 0 radical (unpaired) electrons. The topological polar surface area (TPSA) is 383 Å². The van der Waals surface area contributed by atoms with Crippen LogP contribution in [0.2, 0.25) is 0 Å². The van der Waals surface area contributed by atoms with E-state index in [0.717, 1.165) is 26.4 Å². The lowest BCUT2D eigenvalue weighted by Gasteiger charge is -2.32. The van der Waals surface area contributed by atoms with Gasteiger partial charge in [0, 0.05) is 44.1 Å². The van der Waals surface area contributed by atoms with Crippen LogP contribution < -0.4 is 44.7 Å². The van der Waals surface area contributed by atoms with Crippen molar-refractivity contribution in [3.63, 3.8) is 0 Å². The third kappa shape index (κ3) is 17.0. The average Bonchev–Trinajstić information content (AvgIpc) is 1.58. The summed E-state index contributed by atoms with van der Waals surface area (Å²) in [7, 11) is -7.65. The highest BCUT2D eigenvalue weighted by atomic mass is 32.2. The molecule has 0 spiro atoms. The molecule has 4 saturated carbocycles. The van der Waals surface area contributed by atoms with Gasteiger partial charge in [-0.05, 0) is 150 Å². The molecule has 4 aromatic carbocycles. The summed E-state index contributed by atoms with van der Waals surface area (Å²) in [6.45, 7) is 18.3. The number of benzene rings is 4. The second-order valence-electron chi connectivity index (χ2n) is 31.2. The average molecular weight is 1620 g/mol. The van der Waals surface area contributed by atoms with Crippen molar-refractivity contribution in [3.8, 4) is 32.9 Å². The number of carboxylic acid groups (broad SMARTS) is 1. The summed E-state index contributed by atoms with van der Waals surface area (Å²) in [5.74, 6) is -4.41. The van der Waals surface area contributed by atoms with Gasteiger partial charge in [-0.2, -0.15) is 0 Å². The zero-order valence-electron chi connectivity index (χ0n) is 62.8. The van der Waals surface area contributed by atoms with Crippen LogP contribution >= 0.6 is 22.7 Å². The summed E-state index contributed by atoms with van der Waals surface area (Å²) >= 11 is 3.00. The number of carbonyl (C=O) groups is 8. The third-order valence-corrected chi connectivity index (χ3v) is 26.0. The van der Waals surface area contributed by atoms with Gasteiger partial charge in [-0.1, -0.05) is 84.9 Å². The van der Waals surface area contributed by atoms with E-state index in [9.17, 15) is 60.3 Å². The lowest BCUT2D eigenvalue weighted by Crippen LogP contribution is -2.58. The summed E-state index contributed by atoms with van der Waals surface area (Å²) in [6, 6.07) is 33.3. The van der Waals surface area contributed by atoms with Crippen molar-refractivity contribution in [2.45, 2.75) is 175 Å². The van der Waals surface area contributed by atoms with Gasteiger partial charge in [0.25, 0.3) is 11.8 Å². The summed E-state index contributed by atoms with van der Waals surface area (Å²) in [4.78, 5) is 131. The van der Waals surface area contributed by atoms with Gasteiger partial charge in [-0.25, -0.2) is 51.2 Å². The van der Waals surface area contributed by atoms with E-state index in [-0.39, 0.29) is 49.6 Å². The van der Waals surface area contributed by atoms with Gasteiger partial charge in [0.15, 0.2) is 0 Å². The Morgan fingerprint density at radius 2 is 0.973 bits per heavy atom. The number of thiophene rings is 2. The van der Waals surface area contributed by atoms with Crippen LogP contribution in [0.25, 0.3) is 43.2 Å². The Hall–Kier alpha value is -10.7. The molecule has 0 unspecified atom stereocenters. The predicted molar refractivity (Wildman–Crippen MR) is 423 cm³/mol. The molecule has 7 amide bonds. The first-order valence-electron chi connectivity index (χ1n) is 37.2. The van der Waals surface area contributed by atoms with Crippen LogP contribution in [0.1, 0.15) is 104 Å². The molecule has 6 N–H and O–H groups in total. The minimum Gasteiger partial charge on any atom is -0.480 e. The Morgan fingerprint density at radius 3 is 1.40 bits per heavy atom. The maximum atomic E-state index is 14.9. The second-order valence-corrected chi connectivity index (χ2v) is 37.0. The van der Waals surface area contributed by atoms with E-state index >= 15 is 0 Å². The fourth-order valence-corrected chi connectivity index (χ4v) is 18.6. The van der Waals surface area contributed by atoms with Crippen LogP contribution in [0.5, 0.6) is 11.8 Å². The van der Waals surface area contributed by atoms with Crippen LogP contribution in [-0.2, 0) is 71.1 Å². The summed E-state index contributed by atoms with van der Waals surface area (Å²) in [5.41, 5.74) is 2.24. The molecule has 8 heterocycles. The summed E-state index contributed by atoms with van der Waals surface area (Å²) in [6.07, 6.45) is 3.88. The Bertz CT molecular complexity index is 5340. The molecule has 16 rings (SSSR count). The zero-order chi connectivity index (χ0) is 80.3. The molecule has 4 aliphatic heterocycles. The molecule has 33 heteroatoms. The Morgan fingerprint density at radius 1 is 0.549 bits per heavy atom. The molecule has 6 fully saturated rings. The van der Waals surface area contributed by atoms with Crippen LogP contribution in [0.15, 0.2) is 157 Å².